The van der Waals surface area contributed by atoms with Crippen molar-refractivity contribution in [2.24, 2.45) is 0 Å². The van der Waals surface area contributed by atoms with Crippen molar-refractivity contribution in [3.8, 4) is 0 Å². The lowest BCUT2D eigenvalue weighted by atomic mass is 10.3. The molecule has 0 bridgehead atoms. The van der Waals surface area contributed by atoms with Crippen LogP contribution >= 0.6 is 0 Å². The van der Waals surface area contributed by atoms with E-state index in [0.717, 1.165) is 6.42 Å². The van der Waals surface area contributed by atoms with Gasteiger partial charge in [0.2, 0.25) is 0 Å². The van der Waals surface area contributed by atoms with Crippen molar-refractivity contribution in [3.05, 3.63) is 30.9 Å². The Labute approximate surface area is 43.4 Å². The average molecular weight is 94.1 g/mol. The summed E-state index contributed by atoms with van der Waals surface area (Å²) in [5, 5.41) is 0. The molecule has 1 heterocycles. The Hall–Kier alpha value is -0.720. The summed E-state index contributed by atoms with van der Waals surface area (Å²) < 4.78 is 0. The fraction of sp³-hybridized carbons (Fsp3) is 0.167. The van der Waals surface area contributed by atoms with Crippen LogP contribution in [0, 0.1) is 6.92 Å². The van der Waals surface area contributed by atoms with Crippen LogP contribution in [0.15, 0.2) is 18.5 Å². The third-order valence-corrected chi connectivity index (χ3v) is 0.951. The lowest BCUT2D eigenvalue weighted by Crippen LogP contribution is -1.68. The molecule has 0 saturated heterocycles. The summed E-state index contributed by atoms with van der Waals surface area (Å²) in [5.74, 6) is 0. The van der Waals surface area contributed by atoms with Crippen LogP contribution in [0.1, 0.15) is 5.56 Å². The standard InChI is InChI=1S/C6H8N/c1-2-6-3-4-7-5-6/h3-5,7H,1-2H2. The molecule has 0 unspecified atom stereocenters. The molecule has 0 aliphatic carbocycles. The highest BCUT2D eigenvalue weighted by Gasteiger charge is 1.81. The van der Waals surface area contributed by atoms with Gasteiger partial charge in [-0.2, -0.15) is 0 Å². The topological polar surface area (TPSA) is 15.8 Å². The van der Waals surface area contributed by atoms with Crippen LogP contribution in [-0.4, -0.2) is 4.98 Å². The van der Waals surface area contributed by atoms with Gasteiger partial charge in [0.15, 0.2) is 0 Å². The maximum Gasteiger partial charge on any atom is 0.00373 e. The highest BCUT2D eigenvalue weighted by atomic mass is 14.6. The second kappa shape index (κ2) is 1.82. The second-order valence-corrected chi connectivity index (χ2v) is 1.47. The highest BCUT2D eigenvalue weighted by molar-refractivity contribution is 5.08. The monoisotopic (exact) mass is 94.1 g/mol. The molecule has 1 radical (unpaired) electrons. The Morgan fingerprint density at radius 3 is 2.86 bits per heavy atom. The molecule has 0 saturated carbocycles. The zero-order chi connectivity index (χ0) is 5.11. The SMILES string of the molecule is [CH2]Cc1cc[nH]c1. The summed E-state index contributed by atoms with van der Waals surface area (Å²) in [6.45, 7) is 3.71. The summed E-state index contributed by atoms with van der Waals surface area (Å²) in [7, 11) is 0. The number of H-pyrrole nitrogens is 1. The van der Waals surface area contributed by atoms with Crippen molar-refractivity contribution in [3.63, 3.8) is 0 Å². The highest BCUT2D eigenvalue weighted by Crippen LogP contribution is 1.94. The Balaban J connectivity index is 2.76. The first-order valence-electron chi connectivity index (χ1n) is 2.34. The van der Waals surface area contributed by atoms with E-state index in [4.69, 9.17) is 0 Å². The molecule has 1 aromatic rings. The third kappa shape index (κ3) is 0.829. The van der Waals surface area contributed by atoms with Gasteiger partial charge in [-0.3, -0.25) is 0 Å². The summed E-state index contributed by atoms with van der Waals surface area (Å²) >= 11 is 0. The van der Waals surface area contributed by atoms with Crippen molar-refractivity contribution in [2.45, 2.75) is 6.42 Å². The number of hydrogen-bond donors (Lipinski definition) is 1. The van der Waals surface area contributed by atoms with Gasteiger partial charge in [-0.1, -0.05) is 0 Å². The van der Waals surface area contributed by atoms with E-state index < -0.39 is 0 Å². The van der Waals surface area contributed by atoms with Crippen LogP contribution in [0.25, 0.3) is 0 Å². The van der Waals surface area contributed by atoms with E-state index in [1.807, 2.05) is 18.5 Å². The minimum absolute atomic E-state index is 0.878. The molecule has 0 aliphatic rings. The van der Waals surface area contributed by atoms with Gasteiger partial charge in [0, 0.05) is 12.4 Å². The van der Waals surface area contributed by atoms with Crippen LogP contribution in [-0.2, 0) is 6.42 Å². The van der Waals surface area contributed by atoms with Crippen LogP contribution in [0.4, 0.5) is 0 Å². The van der Waals surface area contributed by atoms with Crippen molar-refractivity contribution in [1.29, 1.82) is 0 Å². The molecular weight excluding hydrogens is 86.1 g/mol. The zero-order valence-corrected chi connectivity index (χ0v) is 4.15. The largest absolute Gasteiger partial charge is 0.367 e. The molecule has 0 aromatic carbocycles. The van der Waals surface area contributed by atoms with Crippen LogP contribution in [0.2, 0.25) is 0 Å². The predicted molar refractivity (Wildman–Crippen MR) is 29.9 cm³/mol. The van der Waals surface area contributed by atoms with Crippen molar-refractivity contribution < 1.29 is 0 Å². The minimum atomic E-state index is 0.878. The first kappa shape index (κ1) is 4.44. The second-order valence-electron chi connectivity index (χ2n) is 1.47. The molecule has 0 fully saturated rings. The Bertz CT molecular complexity index is 119. The Kier molecular flexibility index (Phi) is 1.16. The zero-order valence-electron chi connectivity index (χ0n) is 4.15. The first-order valence-corrected chi connectivity index (χ1v) is 2.34. The van der Waals surface area contributed by atoms with E-state index in [1.165, 1.54) is 5.56 Å². The van der Waals surface area contributed by atoms with Gasteiger partial charge in [0.25, 0.3) is 0 Å². The molecule has 1 N–H and O–H groups in total. The summed E-state index contributed by atoms with van der Waals surface area (Å²) in [6.07, 6.45) is 4.73. The quantitative estimate of drug-likeness (QED) is 0.541. The van der Waals surface area contributed by atoms with Crippen molar-refractivity contribution in [2.75, 3.05) is 0 Å². The fourth-order valence-corrected chi connectivity index (χ4v) is 0.514. The average Bonchev–Trinajstić information content (AvgIpc) is 2.14. The molecule has 0 aliphatic heterocycles. The van der Waals surface area contributed by atoms with E-state index >= 15 is 0 Å². The lowest BCUT2D eigenvalue weighted by Gasteiger charge is -1.78. The van der Waals surface area contributed by atoms with E-state index in [0.29, 0.717) is 0 Å². The molecule has 1 aromatic heterocycles. The van der Waals surface area contributed by atoms with Gasteiger partial charge in [0.1, 0.15) is 0 Å². The van der Waals surface area contributed by atoms with Gasteiger partial charge in [-0.15, -0.1) is 0 Å². The van der Waals surface area contributed by atoms with Crippen LogP contribution in [0.3, 0.4) is 0 Å². The van der Waals surface area contributed by atoms with Crippen molar-refractivity contribution in [1.82, 2.24) is 4.98 Å². The van der Waals surface area contributed by atoms with Gasteiger partial charge in [-0.25, -0.2) is 0 Å². The molecule has 37 valence electrons. The van der Waals surface area contributed by atoms with Crippen LogP contribution < -0.4 is 0 Å². The molecule has 0 atom stereocenters. The third-order valence-electron chi connectivity index (χ3n) is 0.951. The Morgan fingerprint density at radius 2 is 2.57 bits per heavy atom. The molecule has 7 heavy (non-hydrogen) atoms. The summed E-state index contributed by atoms with van der Waals surface area (Å²) in [6, 6.07) is 2.02. The maximum absolute atomic E-state index is 3.71. The molecule has 1 rings (SSSR count). The lowest BCUT2D eigenvalue weighted by molar-refractivity contribution is 1.27. The molecule has 1 heteroatoms. The maximum atomic E-state index is 3.71. The number of aromatic nitrogens is 1. The van der Waals surface area contributed by atoms with Gasteiger partial charge in [-0.05, 0) is 25.0 Å². The number of aromatic amines is 1. The fourth-order valence-electron chi connectivity index (χ4n) is 0.514. The summed E-state index contributed by atoms with van der Waals surface area (Å²) in [5.41, 5.74) is 1.26. The Morgan fingerprint density at radius 1 is 1.71 bits per heavy atom. The van der Waals surface area contributed by atoms with E-state index in [9.17, 15) is 0 Å². The number of rotatable bonds is 1. The summed E-state index contributed by atoms with van der Waals surface area (Å²) in [4.78, 5) is 2.94. The van der Waals surface area contributed by atoms with E-state index in [-0.39, 0.29) is 0 Å². The van der Waals surface area contributed by atoms with Crippen molar-refractivity contribution >= 4 is 0 Å². The van der Waals surface area contributed by atoms with Gasteiger partial charge >= 0.3 is 0 Å². The molecule has 0 spiro atoms. The van der Waals surface area contributed by atoms with Gasteiger partial charge in [0.05, 0.1) is 0 Å². The van der Waals surface area contributed by atoms with E-state index in [1.54, 1.807) is 0 Å². The first-order chi connectivity index (χ1) is 3.43. The van der Waals surface area contributed by atoms with E-state index in [2.05, 4.69) is 11.9 Å². The smallest absolute Gasteiger partial charge is 0.00373 e. The normalized spacial score (nSPS) is 9.29. The molecule has 1 nitrogen and oxygen atoms in total. The minimum Gasteiger partial charge on any atom is -0.367 e. The molecular formula is C6H8N. The van der Waals surface area contributed by atoms with Crippen LogP contribution in [0.5, 0.6) is 0 Å². The van der Waals surface area contributed by atoms with Gasteiger partial charge < -0.3 is 4.98 Å². The number of nitrogens with one attached hydrogen (secondary N) is 1. The molecule has 0 amide bonds. The number of hydrogen-bond acceptors (Lipinski definition) is 0. The predicted octanol–water partition coefficient (Wildman–Crippen LogP) is 1.39.